The lowest BCUT2D eigenvalue weighted by atomic mass is 9.96. The number of nitrogens with one attached hydrogen (secondary N) is 1. The minimum Gasteiger partial charge on any atom is -0.322 e. The second-order valence-corrected chi connectivity index (χ2v) is 6.79. The SMILES string of the molecule is CC(C)Cc1cccc2c1CN([C@H]1CCCC(=O)NC1=O)C2=O. The first-order chi connectivity index (χ1) is 11.0. The van der Waals surface area contributed by atoms with Crippen LogP contribution in [0.1, 0.15) is 54.6 Å². The first kappa shape index (κ1) is 15.7. The molecule has 2 aliphatic heterocycles. The summed E-state index contributed by atoms with van der Waals surface area (Å²) in [6.45, 7) is 4.76. The van der Waals surface area contributed by atoms with Gasteiger partial charge in [-0.05, 0) is 42.4 Å². The van der Waals surface area contributed by atoms with Crippen molar-refractivity contribution in [1.82, 2.24) is 10.2 Å². The summed E-state index contributed by atoms with van der Waals surface area (Å²) in [7, 11) is 0. The van der Waals surface area contributed by atoms with Gasteiger partial charge >= 0.3 is 0 Å². The Hall–Kier alpha value is -2.17. The fourth-order valence-corrected chi connectivity index (χ4v) is 3.47. The smallest absolute Gasteiger partial charge is 0.255 e. The lowest BCUT2D eigenvalue weighted by Gasteiger charge is -2.25. The molecule has 2 aliphatic rings. The average Bonchev–Trinajstić information content (AvgIpc) is 2.71. The van der Waals surface area contributed by atoms with Crippen molar-refractivity contribution in [2.75, 3.05) is 0 Å². The minimum absolute atomic E-state index is 0.0971. The minimum atomic E-state index is -0.548. The number of fused-ring (bicyclic) bond motifs is 1. The van der Waals surface area contributed by atoms with Gasteiger partial charge in [0, 0.05) is 18.5 Å². The van der Waals surface area contributed by atoms with Crippen LogP contribution in [0.15, 0.2) is 18.2 Å². The Balaban J connectivity index is 1.88. The first-order valence-corrected chi connectivity index (χ1v) is 8.22. The van der Waals surface area contributed by atoms with Gasteiger partial charge in [-0.15, -0.1) is 0 Å². The topological polar surface area (TPSA) is 66.5 Å². The van der Waals surface area contributed by atoms with Crippen LogP contribution in [0.5, 0.6) is 0 Å². The Kier molecular flexibility index (Phi) is 4.20. The van der Waals surface area contributed by atoms with Crippen molar-refractivity contribution in [2.45, 2.75) is 52.1 Å². The van der Waals surface area contributed by atoms with E-state index in [2.05, 4.69) is 25.2 Å². The average molecular weight is 314 g/mol. The fraction of sp³-hybridized carbons (Fsp3) is 0.500. The van der Waals surface area contributed by atoms with Gasteiger partial charge in [-0.2, -0.15) is 0 Å². The normalized spacial score (nSPS) is 21.4. The summed E-state index contributed by atoms with van der Waals surface area (Å²) >= 11 is 0. The molecule has 5 nitrogen and oxygen atoms in total. The molecule has 5 heteroatoms. The van der Waals surface area contributed by atoms with E-state index in [-0.39, 0.29) is 17.7 Å². The third kappa shape index (κ3) is 3.00. The van der Waals surface area contributed by atoms with Crippen molar-refractivity contribution in [2.24, 2.45) is 5.92 Å². The van der Waals surface area contributed by atoms with Crippen molar-refractivity contribution < 1.29 is 14.4 Å². The number of hydrogen-bond acceptors (Lipinski definition) is 3. The summed E-state index contributed by atoms with van der Waals surface area (Å²) in [6, 6.07) is 5.26. The van der Waals surface area contributed by atoms with E-state index in [1.165, 1.54) is 5.56 Å². The quantitative estimate of drug-likeness (QED) is 0.868. The van der Waals surface area contributed by atoms with E-state index in [1.54, 1.807) is 4.90 Å². The summed E-state index contributed by atoms with van der Waals surface area (Å²) in [6.07, 6.45) is 2.42. The molecule has 3 amide bonds. The Morgan fingerprint density at radius 2 is 2.04 bits per heavy atom. The van der Waals surface area contributed by atoms with Gasteiger partial charge in [-0.25, -0.2) is 0 Å². The molecule has 122 valence electrons. The number of amides is 3. The molecule has 1 aromatic rings. The third-order valence-electron chi connectivity index (χ3n) is 4.54. The highest BCUT2D eigenvalue weighted by atomic mass is 16.2. The molecule has 0 unspecified atom stereocenters. The zero-order valence-corrected chi connectivity index (χ0v) is 13.6. The molecular weight excluding hydrogens is 292 g/mol. The summed E-state index contributed by atoms with van der Waals surface area (Å²) < 4.78 is 0. The van der Waals surface area contributed by atoms with E-state index in [0.717, 1.165) is 12.0 Å². The zero-order valence-electron chi connectivity index (χ0n) is 13.6. The van der Waals surface area contributed by atoms with Gasteiger partial charge in [-0.1, -0.05) is 26.0 Å². The molecule has 1 fully saturated rings. The van der Waals surface area contributed by atoms with Crippen LogP contribution in [0.4, 0.5) is 0 Å². The largest absolute Gasteiger partial charge is 0.322 e. The fourth-order valence-electron chi connectivity index (χ4n) is 3.47. The second-order valence-electron chi connectivity index (χ2n) is 6.79. The molecule has 3 rings (SSSR count). The number of hydrogen-bond donors (Lipinski definition) is 1. The maximum Gasteiger partial charge on any atom is 0.255 e. The molecule has 23 heavy (non-hydrogen) atoms. The van der Waals surface area contributed by atoms with E-state index in [1.807, 2.05) is 12.1 Å². The van der Waals surface area contributed by atoms with Crippen LogP contribution in [-0.2, 0) is 22.6 Å². The Labute approximate surface area is 136 Å². The van der Waals surface area contributed by atoms with Gasteiger partial charge in [-0.3, -0.25) is 19.7 Å². The van der Waals surface area contributed by atoms with Crippen LogP contribution in [0, 0.1) is 5.92 Å². The predicted molar refractivity (Wildman–Crippen MR) is 85.6 cm³/mol. The monoisotopic (exact) mass is 314 g/mol. The molecular formula is C18H22N2O3. The van der Waals surface area contributed by atoms with Crippen molar-refractivity contribution in [3.8, 4) is 0 Å². The first-order valence-electron chi connectivity index (χ1n) is 8.22. The summed E-state index contributed by atoms with van der Waals surface area (Å²) in [5.41, 5.74) is 2.92. The molecule has 0 aliphatic carbocycles. The highest BCUT2D eigenvalue weighted by Crippen LogP contribution is 2.30. The highest BCUT2D eigenvalue weighted by molar-refractivity contribution is 6.04. The van der Waals surface area contributed by atoms with E-state index in [0.29, 0.717) is 37.3 Å². The van der Waals surface area contributed by atoms with Gasteiger partial charge in [0.2, 0.25) is 11.8 Å². The van der Waals surface area contributed by atoms with E-state index >= 15 is 0 Å². The molecule has 0 aromatic heterocycles. The molecule has 0 bridgehead atoms. The van der Waals surface area contributed by atoms with Gasteiger partial charge in [0.25, 0.3) is 5.91 Å². The van der Waals surface area contributed by atoms with Crippen LogP contribution in [-0.4, -0.2) is 28.7 Å². The van der Waals surface area contributed by atoms with Gasteiger partial charge in [0.05, 0.1) is 0 Å². The predicted octanol–water partition coefficient (Wildman–Crippen LogP) is 2.04. The van der Waals surface area contributed by atoms with Crippen LogP contribution in [0.25, 0.3) is 0 Å². The van der Waals surface area contributed by atoms with E-state index in [9.17, 15) is 14.4 Å². The van der Waals surface area contributed by atoms with Crippen LogP contribution in [0.3, 0.4) is 0 Å². The lowest BCUT2D eigenvalue weighted by Crippen LogP contribution is -2.46. The molecule has 1 saturated heterocycles. The lowest BCUT2D eigenvalue weighted by molar-refractivity contribution is -0.132. The highest BCUT2D eigenvalue weighted by Gasteiger charge is 2.38. The van der Waals surface area contributed by atoms with Crippen molar-refractivity contribution in [3.63, 3.8) is 0 Å². The third-order valence-corrected chi connectivity index (χ3v) is 4.54. The molecule has 2 heterocycles. The van der Waals surface area contributed by atoms with Gasteiger partial charge < -0.3 is 4.90 Å². The maximum absolute atomic E-state index is 12.7. The van der Waals surface area contributed by atoms with Gasteiger partial charge in [0.15, 0.2) is 0 Å². The number of benzene rings is 1. The number of rotatable bonds is 3. The van der Waals surface area contributed by atoms with Crippen LogP contribution in [0.2, 0.25) is 0 Å². The number of nitrogens with zero attached hydrogens (tertiary/aromatic N) is 1. The molecule has 1 aromatic carbocycles. The number of carbonyl (C=O) groups is 3. The Morgan fingerprint density at radius 3 is 2.78 bits per heavy atom. The van der Waals surface area contributed by atoms with Crippen molar-refractivity contribution in [3.05, 3.63) is 34.9 Å². The van der Waals surface area contributed by atoms with Crippen LogP contribution < -0.4 is 5.32 Å². The number of carbonyl (C=O) groups excluding carboxylic acids is 3. The van der Waals surface area contributed by atoms with E-state index in [4.69, 9.17) is 0 Å². The zero-order chi connectivity index (χ0) is 16.6. The molecule has 1 N–H and O–H groups in total. The number of imide groups is 1. The maximum atomic E-state index is 12.7. The van der Waals surface area contributed by atoms with Crippen molar-refractivity contribution in [1.29, 1.82) is 0 Å². The summed E-state index contributed by atoms with van der Waals surface area (Å²) in [5.74, 6) is -0.189. The Bertz CT molecular complexity index is 666. The molecule has 1 atom stereocenters. The van der Waals surface area contributed by atoms with Crippen LogP contribution >= 0.6 is 0 Å². The molecule has 0 saturated carbocycles. The van der Waals surface area contributed by atoms with Gasteiger partial charge in [0.1, 0.15) is 6.04 Å². The van der Waals surface area contributed by atoms with Crippen molar-refractivity contribution >= 4 is 17.7 Å². The standard InChI is InChI=1S/C18H22N2O3/c1-11(2)9-12-5-3-6-13-14(12)10-20(18(13)23)15-7-4-8-16(21)19-17(15)22/h3,5-6,11,15H,4,7-10H2,1-2H3,(H,19,21,22)/t15-/m0/s1. The molecule has 0 spiro atoms. The van der Waals surface area contributed by atoms with E-state index < -0.39 is 6.04 Å². The summed E-state index contributed by atoms with van der Waals surface area (Å²) in [5, 5.41) is 2.39. The second kappa shape index (κ2) is 6.14. The Morgan fingerprint density at radius 1 is 1.26 bits per heavy atom. The molecule has 0 radical (unpaired) electrons. The summed E-state index contributed by atoms with van der Waals surface area (Å²) in [4.78, 5) is 38.1.